The molecule has 0 unspecified atom stereocenters. The minimum atomic E-state index is -0.358. The lowest BCUT2D eigenvalue weighted by Crippen LogP contribution is -2.14. The number of rotatable bonds is 4. The van der Waals surface area contributed by atoms with E-state index in [2.05, 4.69) is 21.2 Å². The first-order valence-corrected chi connectivity index (χ1v) is 9.77. The minimum Gasteiger partial charge on any atom is -0.396 e. The monoisotopic (exact) mass is 439 g/mol. The van der Waals surface area contributed by atoms with E-state index in [0.29, 0.717) is 27.3 Å². The number of hydrogen-bond donors (Lipinski definition) is 2. The number of ketones is 1. The zero-order valence-corrected chi connectivity index (χ0v) is 16.4. The summed E-state index contributed by atoms with van der Waals surface area (Å²) in [5, 5.41) is 4.68. The van der Waals surface area contributed by atoms with Crippen LogP contribution in [0.2, 0.25) is 0 Å². The van der Waals surface area contributed by atoms with E-state index in [1.165, 1.54) is 11.3 Å². The van der Waals surface area contributed by atoms with Crippen LogP contribution in [0, 0.1) is 0 Å². The highest BCUT2D eigenvalue weighted by Crippen LogP contribution is 2.30. The van der Waals surface area contributed by atoms with E-state index in [0.717, 1.165) is 4.47 Å². The summed E-state index contributed by atoms with van der Waals surface area (Å²) in [6.07, 6.45) is 1.74. The Balaban J connectivity index is 1.81. The number of hydrogen-bond acceptors (Lipinski definition) is 4. The molecule has 1 aromatic carbocycles. The van der Waals surface area contributed by atoms with E-state index in [9.17, 15) is 9.59 Å². The van der Waals surface area contributed by atoms with Gasteiger partial charge in [0.25, 0.3) is 5.91 Å². The fourth-order valence-corrected chi connectivity index (χ4v) is 3.88. The molecule has 5 nitrogen and oxygen atoms in total. The Morgan fingerprint density at radius 1 is 1.04 bits per heavy atom. The molecule has 0 radical (unpaired) electrons. The zero-order chi connectivity index (χ0) is 19.0. The van der Waals surface area contributed by atoms with Crippen molar-refractivity contribution in [3.05, 3.63) is 86.8 Å². The molecular formula is C20H14BrN3O2S. The number of aromatic nitrogens is 1. The van der Waals surface area contributed by atoms with E-state index in [1.54, 1.807) is 40.9 Å². The van der Waals surface area contributed by atoms with Gasteiger partial charge in [-0.2, -0.15) is 0 Å². The molecule has 0 aliphatic carbocycles. The fraction of sp³-hybridized carbons (Fsp3) is 0. The van der Waals surface area contributed by atoms with Crippen molar-refractivity contribution in [1.29, 1.82) is 0 Å². The number of amides is 1. The van der Waals surface area contributed by atoms with Crippen LogP contribution in [0.15, 0.2) is 70.6 Å². The third kappa shape index (κ3) is 3.15. The molecule has 3 aromatic heterocycles. The largest absolute Gasteiger partial charge is 0.396 e. The maximum Gasteiger partial charge on any atom is 0.259 e. The van der Waals surface area contributed by atoms with Crippen molar-refractivity contribution in [2.24, 2.45) is 0 Å². The van der Waals surface area contributed by atoms with Crippen molar-refractivity contribution >= 4 is 55.8 Å². The van der Waals surface area contributed by atoms with Crippen LogP contribution >= 0.6 is 27.3 Å². The normalized spacial score (nSPS) is 10.9. The third-order valence-corrected chi connectivity index (χ3v) is 5.57. The maximum absolute atomic E-state index is 12.9. The summed E-state index contributed by atoms with van der Waals surface area (Å²) >= 11 is 4.71. The molecule has 0 aliphatic rings. The van der Waals surface area contributed by atoms with Crippen LogP contribution in [0.5, 0.6) is 0 Å². The number of nitrogens with one attached hydrogen (secondary N) is 1. The van der Waals surface area contributed by atoms with Crippen LogP contribution in [0.25, 0.3) is 5.52 Å². The number of carbonyl (C=O) groups is 2. The van der Waals surface area contributed by atoms with Crippen LogP contribution < -0.4 is 11.1 Å². The fourth-order valence-electron chi connectivity index (χ4n) is 2.95. The van der Waals surface area contributed by atoms with E-state index in [4.69, 9.17) is 5.73 Å². The Labute approximate surface area is 167 Å². The first-order chi connectivity index (χ1) is 13.1. The predicted molar refractivity (Wildman–Crippen MR) is 112 cm³/mol. The summed E-state index contributed by atoms with van der Waals surface area (Å²) in [6.45, 7) is 0. The van der Waals surface area contributed by atoms with Gasteiger partial charge in [-0.3, -0.25) is 9.59 Å². The van der Waals surface area contributed by atoms with Crippen molar-refractivity contribution in [2.75, 3.05) is 11.1 Å². The van der Waals surface area contributed by atoms with E-state index < -0.39 is 0 Å². The number of nitrogens with two attached hydrogens (primary N) is 1. The van der Waals surface area contributed by atoms with Crippen molar-refractivity contribution in [1.82, 2.24) is 4.40 Å². The summed E-state index contributed by atoms with van der Waals surface area (Å²) in [5.74, 6) is -0.560. The van der Waals surface area contributed by atoms with Crippen LogP contribution in [-0.4, -0.2) is 16.1 Å². The van der Waals surface area contributed by atoms with E-state index in [1.807, 2.05) is 29.6 Å². The van der Waals surface area contributed by atoms with Gasteiger partial charge in [-0.25, -0.2) is 0 Å². The van der Waals surface area contributed by atoms with Gasteiger partial charge in [0.2, 0.25) is 5.78 Å². The Bertz CT molecular complexity index is 1150. The molecule has 0 aliphatic heterocycles. The topological polar surface area (TPSA) is 76.6 Å². The van der Waals surface area contributed by atoms with Crippen molar-refractivity contribution < 1.29 is 9.59 Å². The number of fused-ring (bicyclic) bond motifs is 1. The second-order valence-electron chi connectivity index (χ2n) is 5.86. The number of pyridine rings is 1. The second-order valence-corrected chi connectivity index (χ2v) is 7.72. The van der Waals surface area contributed by atoms with Gasteiger partial charge in [0, 0.05) is 16.4 Å². The third-order valence-electron chi connectivity index (χ3n) is 4.17. The molecule has 4 rings (SSSR count). The van der Waals surface area contributed by atoms with Gasteiger partial charge in [-0.15, -0.1) is 11.3 Å². The number of nitrogen functional groups attached to an aromatic ring is 1. The summed E-state index contributed by atoms with van der Waals surface area (Å²) in [4.78, 5) is 26.5. The number of thiophene rings is 1. The smallest absolute Gasteiger partial charge is 0.259 e. The van der Waals surface area contributed by atoms with Crippen LogP contribution in [0.3, 0.4) is 0 Å². The lowest BCUT2D eigenvalue weighted by atomic mass is 10.1. The number of anilines is 2. The van der Waals surface area contributed by atoms with Crippen LogP contribution in [-0.2, 0) is 0 Å². The molecule has 0 atom stereocenters. The average molecular weight is 440 g/mol. The molecule has 0 saturated carbocycles. The second kappa shape index (κ2) is 7.02. The van der Waals surface area contributed by atoms with Crippen molar-refractivity contribution in [3.8, 4) is 0 Å². The molecule has 4 aromatic rings. The standard InChI is InChI=1S/C20H14BrN3O2S/c21-12-6-8-13(9-7-12)23-20(26)16-14-4-1-2-10-24(14)18(17(16)22)19(25)15-5-3-11-27-15/h1-11H,22H2,(H,23,26). The number of nitrogens with zero attached hydrogens (tertiary/aromatic N) is 1. The average Bonchev–Trinajstić information content (AvgIpc) is 3.29. The Kier molecular flexibility index (Phi) is 4.55. The lowest BCUT2D eigenvalue weighted by molar-refractivity contribution is 0.102. The summed E-state index contributed by atoms with van der Waals surface area (Å²) < 4.78 is 2.59. The Hall–Kier alpha value is -2.90. The molecule has 7 heteroatoms. The molecule has 3 N–H and O–H groups in total. The minimum absolute atomic E-state index is 0.175. The molecule has 1 amide bonds. The van der Waals surface area contributed by atoms with Gasteiger partial charge >= 0.3 is 0 Å². The zero-order valence-electron chi connectivity index (χ0n) is 14.0. The van der Waals surface area contributed by atoms with Gasteiger partial charge in [-0.05, 0) is 47.8 Å². The van der Waals surface area contributed by atoms with Gasteiger partial charge in [0.1, 0.15) is 5.69 Å². The Morgan fingerprint density at radius 2 is 1.81 bits per heavy atom. The Morgan fingerprint density at radius 3 is 2.52 bits per heavy atom. The molecule has 3 heterocycles. The quantitative estimate of drug-likeness (QED) is 0.447. The highest BCUT2D eigenvalue weighted by molar-refractivity contribution is 9.10. The summed E-state index contributed by atoms with van der Waals surface area (Å²) in [7, 11) is 0. The maximum atomic E-state index is 12.9. The number of benzene rings is 1. The van der Waals surface area contributed by atoms with Gasteiger partial charge in [-0.1, -0.05) is 28.1 Å². The van der Waals surface area contributed by atoms with Crippen LogP contribution in [0.1, 0.15) is 25.7 Å². The molecule has 0 spiro atoms. The van der Waals surface area contributed by atoms with Gasteiger partial charge in [0.05, 0.1) is 21.6 Å². The first-order valence-electron chi connectivity index (χ1n) is 8.10. The highest BCUT2D eigenvalue weighted by atomic mass is 79.9. The highest BCUT2D eigenvalue weighted by Gasteiger charge is 2.26. The van der Waals surface area contributed by atoms with Crippen molar-refractivity contribution in [2.45, 2.75) is 0 Å². The summed E-state index contributed by atoms with van der Waals surface area (Å²) in [6, 6.07) is 16.2. The van der Waals surface area contributed by atoms with Gasteiger partial charge in [0.15, 0.2) is 0 Å². The summed E-state index contributed by atoms with van der Waals surface area (Å²) in [5.41, 5.74) is 8.29. The van der Waals surface area contributed by atoms with E-state index >= 15 is 0 Å². The van der Waals surface area contributed by atoms with E-state index in [-0.39, 0.29) is 17.4 Å². The number of carbonyl (C=O) groups excluding carboxylic acids is 2. The SMILES string of the molecule is Nc1c(C(=O)Nc2ccc(Br)cc2)c2ccccn2c1C(=O)c1cccs1. The lowest BCUT2D eigenvalue weighted by Gasteiger charge is -2.05. The first kappa shape index (κ1) is 17.5. The van der Waals surface area contributed by atoms with Gasteiger partial charge < -0.3 is 15.5 Å². The number of halogens is 1. The molecule has 0 fully saturated rings. The molecule has 0 bridgehead atoms. The predicted octanol–water partition coefficient (Wildman–Crippen LogP) is 4.83. The van der Waals surface area contributed by atoms with Crippen molar-refractivity contribution in [3.63, 3.8) is 0 Å². The molecule has 134 valence electrons. The molecule has 0 saturated heterocycles. The molecular weight excluding hydrogens is 426 g/mol. The van der Waals surface area contributed by atoms with Crippen LogP contribution in [0.4, 0.5) is 11.4 Å². The molecule has 27 heavy (non-hydrogen) atoms.